The molecule has 3 N–H and O–H groups in total. The van der Waals surface area contributed by atoms with Crippen LogP contribution in [0.25, 0.3) is 0 Å². The summed E-state index contributed by atoms with van der Waals surface area (Å²) in [5, 5.41) is 0. The lowest BCUT2D eigenvalue weighted by atomic mass is 10.1. The van der Waals surface area contributed by atoms with Crippen molar-refractivity contribution in [2.75, 3.05) is 32.8 Å². The highest BCUT2D eigenvalue weighted by Gasteiger charge is 2.27. The maximum atomic E-state index is 12.3. The molecule has 1 saturated heterocycles. The number of hydrogen-bond acceptors (Lipinski definition) is 5. The third-order valence-corrected chi connectivity index (χ3v) is 3.42. The van der Waals surface area contributed by atoms with Crippen LogP contribution in [0.2, 0.25) is 0 Å². The molecule has 1 aliphatic rings. The third-order valence-electron chi connectivity index (χ3n) is 3.42. The van der Waals surface area contributed by atoms with Gasteiger partial charge in [-0.05, 0) is 6.92 Å². The van der Waals surface area contributed by atoms with Crippen molar-refractivity contribution in [2.45, 2.75) is 19.4 Å². The fourth-order valence-electron chi connectivity index (χ4n) is 2.27. The first-order valence-electron chi connectivity index (χ1n) is 7.05. The molecule has 0 spiro atoms. The standard InChI is InChI=1S/C13H21N5O3/c1-2-21-13(20)18-5-3-17(4-6-18)12(19)11(14)7-10-8-15-9-16-10/h8-9,11H,2-7,14H2,1H3,(H,15,16). The zero-order valence-corrected chi connectivity index (χ0v) is 12.1. The number of carbonyl (C=O) groups excluding carboxylic acids is 2. The fourth-order valence-corrected chi connectivity index (χ4v) is 2.27. The Labute approximate surface area is 123 Å². The minimum atomic E-state index is -0.609. The number of nitrogens with zero attached hydrogens (tertiary/aromatic N) is 3. The molecule has 0 saturated carbocycles. The van der Waals surface area contributed by atoms with Gasteiger partial charge in [-0.2, -0.15) is 0 Å². The molecule has 116 valence electrons. The van der Waals surface area contributed by atoms with Gasteiger partial charge in [-0.25, -0.2) is 9.78 Å². The predicted molar refractivity (Wildman–Crippen MR) is 75.4 cm³/mol. The number of rotatable bonds is 4. The maximum absolute atomic E-state index is 12.3. The Morgan fingerprint density at radius 3 is 2.62 bits per heavy atom. The number of amides is 2. The van der Waals surface area contributed by atoms with Gasteiger partial charge in [-0.1, -0.05) is 0 Å². The van der Waals surface area contributed by atoms with Crippen LogP contribution in [0.15, 0.2) is 12.5 Å². The summed E-state index contributed by atoms with van der Waals surface area (Å²) in [6.45, 7) is 4.02. The molecule has 0 aliphatic carbocycles. The van der Waals surface area contributed by atoms with Crippen molar-refractivity contribution in [3.05, 3.63) is 18.2 Å². The van der Waals surface area contributed by atoms with E-state index in [2.05, 4.69) is 9.97 Å². The second-order valence-corrected chi connectivity index (χ2v) is 4.88. The molecule has 0 bridgehead atoms. The Bertz CT molecular complexity index is 468. The summed E-state index contributed by atoms with van der Waals surface area (Å²) in [7, 11) is 0. The van der Waals surface area contributed by atoms with E-state index in [0.717, 1.165) is 5.69 Å². The maximum Gasteiger partial charge on any atom is 0.409 e. The Kier molecular flexibility index (Phi) is 5.15. The highest BCUT2D eigenvalue weighted by molar-refractivity contribution is 5.82. The van der Waals surface area contributed by atoms with Crippen molar-refractivity contribution in [1.82, 2.24) is 19.8 Å². The Morgan fingerprint density at radius 1 is 1.38 bits per heavy atom. The van der Waals surface area contributed by atoms with Crippen LogP contribution in [0.1, 0.15) is 12.6 Å². The van der Waals surface area contributed by atoms with Crippen LogP contribution in [-0.4, -0.2) is 70.6 Å². The van der Waals surface area contributed by atoms with E-state index >= 15 is 0 Å². The van der Waals surface area contributed by atoms with Crippen molar-refractivity contribution in [3.63, 3.8) is 0 Å². The summed E-state index contributed by atoms with van der Waals surface area (Å²) >= 11 is 0. The van der Waals surface area contributed by atoms with E-state index in [4.69, 9.17) is 10.5 Å². The van der Waals surface area contributed by atoms with E-state index in [9.17, 15) is 9.59 Å². The number of nitrogens with two attached hydrogens (primary N) is 1. The van der Waals surface area contributed by atoms with E-state index in [1.54, 1.807) is 29.2 Å². The van der Waals surface area contributed by atoms with Gasteiger partial charge in [0.15, 0.2) is 0 Å². The van der Waals surface area contributed by atoms with Gasteiger partial charge >= 0.3 is 6.09 Å². The number of aromatic amines is 1. The lowest BCUT2D eigenvalue weighted by Gasteiger charge is -2.35. The largest absolute Gasteiger partial charge is 0.450 e. The molecular weight excluding hydrogens is 274 g/mol. The van der Waals surface area contributed by atoms with Gasteiger partial charge in [0.25, 0.3) is 0 Å². The van der Waals surface area contributed by atoms with Crippen LogP contribution < -0.4 is 5.73 Å². The molecular formula is C13H21N5O3. The van der Waals surface area contributed by atoms with Gasteiger partial charge in [0.1, 0.15) is 0 Å². The number of ether oxygens (including phenoxy) is 1. The minimum Gasteiger partial charge on any atom is -0.450 e. The quantitative estimate of drug-likeness (QED) is 0.785. The van der Waals surface area contributed by atoms with Crippen molar-refractivity contribution in [2.24, 2.45) is 5.73 Å². The van der Waals surface area contributed by atoms with Crippen molar-refractivity contribution in [1.29, 1.82) is 0 Å². The number of carbonyl (C=O) groups is 2. The summed E-state index contributed by atoms with van der Waals surface area (Å²) in [5.74, 6) is -0.110. The highest BCUT2D eigenvalue weighted by atomic mass is 16.6. The van der Waals surface area contributed by atoms with Gasteiger partial charge in [0.05, 0.1) is 24.7 Å². The predicted octanol–water partition coefficient (Wildman–Crippen LogP) is -0.420. The number of aromatic nitrogens is 2. The molecule has 1 aliphatic heterocycles. The molecule has 8 nitrogen and oxygen atoms in total. The number of hydrogen-bond donors (Lipinski definition) is 2. The molecule has 0 radical (unpaired) electrons. The van der Waals surface area contributed by atoms with Crippen LogP contribution >= 0.6 is 0 Å². The van der Waals surface area contributed by atoms with Gasteiger partial charge in [0, 0.05) is 38.8 Å². The third kappa shape index (κ3) is 3.94. The monoisotopic (exact) mass is 295 g/mol. The molecule has 1 aromatic heterocycles. The average Bonchev–Trinajstić information content (AvgIpc) is 3.00. The first-order chi connectivity index (χ1) is 10.1. The summed E-state index contributed by atoms with van der Waals surface area (Å²) in [5.41, 5.74) is 6.70. The first kappa shape index (κ1) is 15.3. The zero-order valence-electron chi connectivity index (χ0n) is 12.1. The zero-order chi connectivity index (χ0) is 15.2. The summed E-state index contributed by atoms with van der Waals surface area (Å²) in [6.07, 6.45) is 3.36. The van der Waals surface area contributed by atoms with Gasteiger partial charge in [0.2, 0.25) is 5.91 Å². The number of piperazine rings is 1. The summed E-state index contributed by atoms with van der Waals surface area (Å²) in [4.78, 5) is 34.0. The second kappa shape index (κ2) is 7.07. The number of imidazole rings is 1. The van der Waals surface area contributed by atoms with Crippen LogP contribution in [0.5, 0.6) is 0 Å². The van der Waals surface area contributed by atoms with Gasteiger partial charge < -0.3 is 25.3 Å². The molecule has 2 rings (SSSR count). The Balaban J connectivity index is 1.81. The lowest BCUT2D eigenvalue weighted by molar-refractivity contribution is -0.134. The summed E-state index contributed by atoms with van der Waals surface area (Å²) in [6, 6.07) is -0.609. The van der Waals surface area contributed by atoms with E-state index in [-0.39, 0.29) is 12.0 Å². The molecule has 2 heterocycles. The molecule has 8 heteroatoms. The SMILES string of the molecule is CCOC(=O)N1CCN(C(=O)C(N)Cc2c[nH]cn2)CC1. The molecule has 1 atom stereocenters. The Hall–Kier alpha value is -2.09. The van der Waals surface area contributed by atoms with E-state index in [0.29, 0.717) is 39.2 Å². The average molecular weight is 295 g/mol. The van der Waals surface area contributed by atoms with Crippen LogP contribution in [0.3, 0.4) is 0 Å². The first-order valence-corrected chi connectivity index (χ1v) is 7.05. The normalized spacial score (nSPS) is 16.7. The van der Waals surface area contributed by atoms with Crippen LogP contribution in [0, 0.1) is 0 Å². The van der Waals surface area contributed by atoms with Gasteiger partial charge in [-0.3, -0.25) is 4.79 Å². The minimum absolute atomic E-state index is 0.110. The topological polar surface area (TPSA) is 105 Å². The van der Waals surface area contributed by atoms with E-state index < -0.39 is 6.04 Å². The molecule has 1 fully saturated rings. The smallest absolute Gasteiger partial charge is 0.409 e. The van der Waals surface area contributed by atoms with Crippen molar-refractivity contribution in [3.8, 4) is 0 Å². The van der Waals surface area contributed by atoms with Crippen molar-refractivity contribution >= 4 is 12.0 Å². The molecule has 1 unspecified atom stereocenters. The van der Waals surface area contributed by atoms with Crippen LogP contribution in [0.4, 0.5) is 4.79 Å². The molecule has 2 amide bonds. The van der Waals surface area contributed by atoms with E-state index in [1.807, 2.05) is 0 Å². The number of H-pyrrole nitrogens is 1. The number of nitrogens with one attached hydrogen (secondary N) is 1. The molecule has 1 aromatic rings. The second-order valence-electron chi connectivity index (χ2n) is 4.88. The van der Waals surface area contributed by atoms with Crippen LogP contribution in [-0.2, 0) is 16.0 Å². The lowest BCUT2D eigenvalue weighted by Crippen LogP contribution is -2.54. The Morgan fingerprint density at radius 2 is 2.05 bits per heavy atom. The van der Waals surface area contributed by atoms with Crippen molar-refractivity contribution < 1.29 is 14.3 Å². The fraction of sp³-hybridized carbons (Fsp3) is 0.615. The highest BCUT2D eigenvalue weighted by Crippen LogP contribution is 2.07. The summed E-state index contributed by atoms with van der Waals surface area (Å²) < 4.78 is 4.94. The molecule has 21 heavy (non-hydrogen) atoms. The van der Waals surface area contributed by atoms with E-state index in [1.165, 1.54) is 0 Å². The van der Waals surface area contributed by atoms with Gasteiger partial charge in [-0.15, -0.1) is 0 Å². The molecule has 0 aromatic carbocycles.